The first kappa shape index (κ1) is 11.0. The summed E-state index contributed by atoms with van der Waals surface area (Å²) >= 11 is 0. The van der Waals surface area contributed by atoms with Crippen molar-refractivity contribution in [2.45, 2.75) is 31.7 Å². The molecule has 1 unspecified atom stereocenters. The number of hydrogen-bond donors (Lipinski definition) is 2. The molecule has 78 valence electrons. The Balaban J connectivity index is 2.05. The van der Waals surface area contributed by atoms with Crippen LogP contribution in [0.15, 0.2) is 0 Å². The van der Waals surface area contributed by atoms with Gasteiger partial charge in [-0.25, -0.2) is 0 Å². The number of aliphatic hydroxyl groups excluding tert-OH is 1. The quantitative estimate of drug-likeness (QED) is 0.612. The topological polar surface area (TPSA) is 35.5 Å². The maximum Gasteiger partial charge on any atom is 0.0443 e. The first-order valence-electron chi connectivity index (χ1n) is 5.36. The van der Waals surface area contributed by atoms with E-state index in [1.807, 2.05) is 0 Å². The summed E-state index contributed by atoms with van der Waals surface area (Å²) in [5.74, 6) is 0. The summed E-state index contributed by atoms with van der Waals surface area (Å²) in [5.41, 5.74) is 0. The summed E-state index contributed by atoms with van der Waals surface area (Å²) < 4.78 is 0. The predicted octanol–water partition coefficient (Wildman–Crippen LogP) is 0.443. The zero-order valence-electron chi connectivity index (χ0n) is 8.63. The average molecular weight is 186 g/mol. The largest absolute Gasteiger partial charge is 0.396 e. The number of piperidine rings is 1. The molecular formula is C10H22N2O. The maximum atomic E-state index is 8.60. The van der Waals surface area contributed by atoms with Crippen molar-refractivity contribution in [1.29, 1.82) is 0 Å². The molecule has 1 aliphatic rings. The molecule has 3 nitrogen and oxygen atoms in total. The van der Waals surface area contributed by atoms with Crippen molar-refractivity contribution >= 4 is 0 Å². The number of rotatable bonds is 5. The lowest BCUT2D eigenvalue weighted by Crippen LogP contribution is -2.43. The monoisotopic (exact) mass is 186 g/mol. The van der Waals surface area contributed by atoms with E-state index in [0.29, 0.717) is 12.6 Å². The summed E-state index contributed by atoms with van der Waals surface area (Å²) in [6.45, 7) is 3.57. The van der Waals surface area contributed by atoms with E-state index in [0.717, 1.165) is 19.5 Å². The standard InChI is InChI=1S/C10H22N2O/c1-12-7-3-2-5-10(12)9-11-6-4-8-13/h10-11,13H,2-9H2,1H3. The second kappa shape index (κ2) is 6.35. The number of likely N-dealkylation sites (N-methyl/N-ethyl adjacent to an activating group) is 1. The van der Waals surface area contributed by atoms with Gasteiger partial charge in [-0.1, -0.05) is 6.42 Å². The van der Waals surface area contributed by atoms with E-state index in [2.05, 4.69) is 17.3 Å². The Morgan fingerprint density at radius 3 is 3.00 bits per heavy atom. The predicted molar refractivity (Wildman–Crippen MR) is 54.8 cm³/mol. The second-order valence-electron chi connectivity index (χ2n) is 3.91. The van der Waals surface area contributed by atoms with Gasteiger partial charge < -0.3 is 15.3 Å². The zero-order chi connectivity index (χ0) is 9.52. The summed E-state index contributed by atoms with van der Waals surface area (Å²) in [5, 5.41) is 12.0. The Morgan fingerprint density at radius 2 is 2.31 bits per heavy atom. The van der Waals surface area contributed by atoms with E-state index in [-0.39, 0.29) is 0 Å². The Morgan fingerprint density at radius 1 is 1.46 bits per heavy atom. The number of hydrogen-bond acceptors (Lipinski definition) is 3. The highest BCUT2D eigenvalue weighted by Gasteiger charge is 2.17. The number of nitrogens with one attached hydrogen (secondary N) is 1. The molecule has 0 aromatic rings. The van der Waals surface area contributed by atoms with Gasteiger partial charge in [0.25, 0.3) is 0 Å². The van der Waals surface area contributed by atoms with Gasteiger partial charge in [0.2, 0.25) is 0 Å². The molecule has 0 spiro atoms. The molecule has 0 aliphatic carbocycles. The summed E-state index contributed by atoms with van der Waals surface area (Å²) in [6.07, 6.45) is 4.92. The zero-order valence-corrected chi connectivity index (χ0v) is 8.63. The van der Waals surface area contributed by atoms with Gasteiger partial charge in [0.05, 0.1) is 0 Å². The van der Waals surface area contributed by atoms with Gasteiger partial charge >= 0.3 is 0 Å². The summed E-state index contributed by atoms with van der Waals surface area (Å²) in [6, 6.07) is 0.715. The highest BCUT2D eigenvalue weighted by molar-refractivity contribution is 4.75. The minimum atomic E-state index is 0.299. The second-order valence-corrected chi connectivity index (χ2v) is 3.91. The molecule has 1 heterocycles. The van der Waals surface area contributed by atoms with Crippen molar-refractivity contribution in [3.05, 3.63) is 0 Å². The molecule has 0 aromatic carbocycles. The molecule has 1 atom stereocenters. The third kappa shape index (κ3) is 4.07. The lowest BCUT2D eigenvalue weighted by molar-refractivity contribution is 0.180. The number of nitrogens with zero attached hydrogens (tertiary/aromatic N) is 1. The molecular weight excluding hydrogens is 164 g/mol. The van der Waals surface area contributed by atoms with E-state index in [4.69, 9.17) is 5.11 Å². The first-order chi connectivity index (χ1) is 6.34. The Bertz CT molecular complexity index is 130. The molecule has 0 bridgehead atoms. The van der Waals surface area contributed by atoms with E-state index < -0.39 is 0 Å². The van der Waals surface area contributed by atoms with Crippen LogP contribution in [0.1, 0.15) is 25.7 Å². The molecule has 0 amide bonds. The van der Waals surface area contributed by atoms with Crippen LogP contribution in [0.3, 0.4) is 0 Å². The Hall–Kier alpha value is -0.120. The molecule has 1 saturated heterocycles. The van der Waals surface area contributed by atoms with Crippen molar-refractivity contribution in [3.8, 4) is 0 Å². The molecule has 3 heteroatoms. The molecule has 1 fully saturated rings. The Kier molecular flexibility index (Phi) is 5.35. The molecule has 0 saturated carbocycles. The van der Waals surface area contributed by atoms with Gasteiger partial charge in [-0.15, -0.1) is 0 Å². The highest BCUT2D eigenvalue weighted by atomic mass is 16.3. The lowest BCUT2D eigenvalue weighted by atomic mass is 10.0. The SMILES string of the molecule is CN1CCCCC1CNCCCO. The fraction of sp³-hybridized carbons (Fsp3) is 1.00. The van der Waals surface area contributed by atoms with E-state index >= 15 is 0 Å². The summed E-state index contributed by atoms with van der Waals surface area (Å²) in [4.78, 5) is 2.44. The van der Waals surface area contributed by atoms with Crippen LogP contribution in [0.5, 0.6) is 0 Å². The minimum absolute atomic E-state index is 0.299. The van der Waals surface area contributed by atoms with Crippen LogP contribution in [0.25, 0.3) is 0 Å². The molecule has 1 rings (SSSR count). The molecule has 0 aromatic heterocycles. The first-order valence-corrected chi connectivity index (χ1v) is 5.36. The maximum absolute atomic E-state index is 8.60. The van der Waals surface area contributed by atoms with Crippen LogP contribution in [-0.2, 0) is 0 Å². The average Bonchev–Trinajstić information content (AvgIpc) is 2.15. The molecule has 1 aliphatic heterocycles. The van der Waals surface area contributed by atoms with Gasteiger partial charge in [-0.2, -0.15) is 0 Å². The molecule has 13 heavy (non-hydrogen) atoms. The van der Waals surface area contributed by atoms with Crippen LogP contribution in [0, 0.1) is 0 Å². The Labute approximate surface area is 81.1 Å². The van der Waals surface area contributed by atoms with Gasteiger partial charge in [-0.3, -0.25) is 0 Å². The van der Waals surface area contributed by atoms with Gasteiger partial charge in [0, 0.05) is 19.2 Å². The third-order valence-electron chi connectivity index (χ3n) is 2.81. The van der Waals surface area contributed by atoms with Gasteiger partial charge in [0.15, 0.2) is 0 Å². The van der Waals surface area contributed by atoms with E-state index in [9.17, 15) is 0 Å². The van der Waals surface area contributed by atoms with Crippen molar-refractivity contribution in [2.24, 2.45) is 0 Å². The smallest absolute Gasteiger partial charge is 0.0443 e. The van der Waals surface area contributed by atoms with Crippen LogP contribution in [0.2, 0.25) is 0 Å². The van der Waals surface area contributed by atoms with Crippen LogP contribution < -0.4 is 5.32 Å². The van der Waals surface area contributed by atoms with Crippen LogP contribution in [0.4, 0.5) is 0 Å². The van der Waals surface area contributed by atoms with Crippen molar-refractivity contribution in [1.82, 2.24) is 10.2 Å². The number of aliphatic hydroxyl groups is 1. The molecule has 2 N–H and O–H groups in total. The molecule has 0 radical (unpaired) electrons. The fourth-order valence-corrected chi connectivity index (χ4v) is 1.87. The fourth-order valence-electron chi connectivity index (χ4n) is 1.87. The van der Waals surface area contributed by atoms with Crippen molar-refractivity contribution in [2.75, 3.05) is 33.3 Å². The number of likely N-dealkylation sites (tertiary alicyclic amines) is 1. The summed E-state index contributed by atoms with van der Waals surface area (Å²) in [7, 11) is 2.21. The van der Waals surface area contributed by atoms with Crippen molar-refractivity contribution < 1.29 is 5.11 Å². The van der Waals surface area contributed by atoms with E-state index in [1.54, 1.807) is 0 Å². The highest BCUT2D eigenvalue weighted by Crippen LogP contribution is 2.13. The van der Waals surface area contributed by atoms with Crippen molar-refractivity contribution in [3.63, 3.8) is 0 Å². The van der Waals surface area contributed by atoms with Crippen LogP contribution >= 0.6 is 0 Å². The van der Waals surface area contributed by atoms with Crippen LogP contribution in [-0.4, -0.2) is 49.3 Å². The van der Waals surface area contributed by atoms with Gasteiger partial charge in [-0.05, 0) is 39.4 Å². The normalized spacial score (nSPS) is 24.9. The minimum Gasteiger partial charge on any atom is -0.396 e. The van der Waals surface area contributed by atoms with E-state index in [1.165, 1.54) is 25.8 Å². The third-order valence-corrected chi connectivity index (χ3v) is 2.81. The van der Waals surface area contributed by atoms with Gasteiger partial charge in [0.1, 0.15) is 0 Å². The lowest BCUT2D eigenvalue weighted by Gasteiger charge is -2.32.